The van der Waals surface area contributed by atoms with E-state index >= 15 is 0 Å². The molecular weight excluding hydrogens is 348 g/mol. The Morgan fingerprint density at radius 1 is 1.32 bits per heavy atom. The highest BCUT2D eigenvalue weighted by atomic mass is 32.2. The zero-order valence-corrected chi connectivity index (χ0v) is 14.8. The summed E-state index contributed by atoms with van der Waals surface area (Å²) in [4.78, 5) is 4.26. The van der Waals surface area contributed by atoms with Crippen molar-refractivity contribution in [3.8, 4) is 0 Å². The number of imidazole rings is 1. The fourth-order valence-electron chi connectivity index (χ4n) is 3.22. The lowest BCUT2D eigenvalue weighted by molar-refractivity contribution is 0.303. The van der Waals surface area contributed by atoms with E-state index in [1.54, 1.807) is 6.20 Å². The molecule has 0 aliphatic carbocycles. The lowest BCUT2D eigenvalue weighted by Gasteiger charge is -2.27. The van der Waals surface area contributed by atoms with E-state index in [0.717, 1.165) is 37.3 Å². The smallest absolute Gasteiger partial charge is 0.214 e. The second kappa shape index (κ2) is 7.21. The summed E-state index contributed by atoms with van der Waals surface area (Å²) in [6.45, 7) is 1.12. The monoisotopic (exact) mass is 369 g/mol. The molecule has 8 heteroatoms. The largest absolute Gasteiger partial charge is 0.335 e. The van der Waals surface area contributed by atoms with Crippen LogP contribution in [-0.4, -0.2) is 41.6 Å². The second-order valence-corrected chi connectivity index (χ2v) is 8.64. The van der Waals surface area contributed by atoms with Crippen molar-refractivity contribution in [2.24, 2.45) is 5.92 Å². The van der Waals surface area contributed by atoms with E-state index in [2.05, 4.69) is 4.98 Å². The molecule has 0 spiro atoms. The summed E-state index contributed by atoms with van der Waals surface area (Å²) in [6.07, 6.45) is 5.17. The molecule has 1 aromatic carbocycles. The Morgan fingerprint density at radius 2 is 2.04 bits per heavy atom. The quantitative estimate of drug-likeness (QED) is 0.785. The van der Waals surface area contributed by atoms with Gasteiger partial charge < -0.3 is 4.57 Å². The third-order valence-electron chi connectivity index (χ3n) is 4.69. The number of rotatable bonds is 6. The van der Waals surface area contributed by atoms with Gasteiger partial charge in [0.2, 0.25) is 10.0 Å². The third kappa shape index (κ3) is 4.07. The van der Waals surface area contributed by atoms with Crippen LogP contribution in [0.2, 0.25) is 0 Å². The van der Waals surface area contributed by atoms with Crippen molar-refractivity contribution in [1.29, 1.82) is 0 Å². The van der Waals surface area contributed by atoms with Gasteiger partial charge >= 0.3 is 0 Å². The minimum absolute atomic E-state index is 0.179. The summed E-state index contributed by atoms with van der Waals surface area (Å²) >= 11 is 0. The molecule has 0 amide bonds. The number of hydrogen-bond acceptors (Lipinski definition) is 3. The number of hydrogen-bond donors (Lipinski definition) is 0. The van der Waals surface area contributed by atoms with Crippen LogP contribution in [0.4, 0.5) is 8.78 Å². The predicted molar refractivity (Wildman–Crippen MR) is 90.5 cm³/mol. The van der Waals surface area contributed by atoms with Crippen LogP contribution in [-0.2, 0) is 29.4 Å². The van der Waals surface area contributed by atoms with Crippen LogP contribution in [0.1, 0.15) is 17.8 Å². The SMILES string of the molecule is CN(CC1CCc2nccn2C1)S(=O)(=O)CCc1c(F)cccc1F. The van der Waals surface area contributed by atoms with Gasteiger partial charge in [0.15, 0.2) is 0 Å². The molecular formula is C17H21F2N3O2S. The Morgan fingerprint density at radius 3 is 2.76 bits per heavy atom. The first-order chi connectivity index (χ1) is 11.9. The van der Waals surface area contributed by atoms with Gasteiger partial charge in [0.1, 0.15) is 17.5 Å². The Balaban J connectivity index is 1.60. The zero-order chi connectivity index (χ0) is 18.0. The number of aryl methyl sites for hydroxylation is 1. The van der Waals surface area contributed by atoms with Gasteiger partial charge in [-0.2, -0.15) is 0 Å². The summed E-state index contributed by atoms with van der Waals surface area (Å²) in [5.41, 5.74) is -0.180. The van der Waals surface area contributed by atoms with Crippen molar-refractivity contribution in [3.05, 3.63) is 53.6 Å². The highest BCUT2D eigenvalue weighted by molar-refractivity contribution is 7.89. The molecule has 25 heavy (non-hydrogen) atoms. The Labute approximate surface area is 146 Å². The molecule has 0 radical (unpaired) electrons. The first kappa shape index (κ1) is 18.0. The van der Waals surface area contributed by atoms with Crippen molar-refractivity contribution in [1.82, 2.24) is 13.9 Å². The van der Waals surface area contributed by atoms with Crippen LogP contribution < -0.4 is 0 Å². The lowest BCUT2D eigenvalue weighted by Crippen LogP contribution is -2.37. The van der Waals surface area contributed by atoms with Crippen molar-refractivity contribution in [3.63, 3.8) is 0 Å². The fraction of sp³-hybridized carbons (Fsp3) is 0.471. The molecule has 1 atom stereocenters. The van der Waals surface area contributed by atoms with E-state index in [-0.39, 0.29) is 23.7 Å². The van der Waals surface area contributed by atoms with E-state index in [0.29, 0.717) is 6.54 Å². The maximum atomic E-state index is 13.7. The van der Waals surface area contributed by atoms with E-state index in [1.807, 2.05) is 10.8 Å². The number of sulfonamides is 1. The zero-order valence-electron chi connectivity index (χ0n) is 14.0. The fourth-order valence-corrected chi connectivity index (χ4v) is 4.43. The first-order valence-corrected chi connectivity index (χ1v) is 9.84. The van der Waals surface area contributed by atoms with Gasteiger partial charge in [-0.3, -0.25) is 0 Å². The van der Waals surface area contributed by atoms with Crippen LogP contribution in [0.5, 0.6) is 0 Å². The minimum Gasteiger partial charge on any atom is -0.335 e. The first-order valence-electron chi connectivity index (χ1n) is 8.24. The Hall–Kier alpha value is -1.80. The van der Waals surface area contributed by atoms with Gasteiger partial charge in [0.05, 0.1) is 5.75 Å². The number of aromatic nitrogens is 2. The van der Waals surface area contributed by atoms with Gasteiger partial charge in [0.25, 0.3) is 0 Å². The number of halogens is 2. The Bertz CT molecular complexity index is 831. The minimum atomic E-state index is -3.58. The van der Waals surface area contributed by atoms with E-state index < -0.39 is 21.7 Å². The van der Waals surface area contributed by atoms with Crippen LogP contribution in [0, 0.1) is 17.6 Å². The average Bonchev–Trinajstić information content (AvgIpc) is 3.02. The highest BCUT2D eigenvalue weighted by Gasteiger charge is 2.25. The summed E-state index contributed by atoms with van der Waals surface area (Å²) in [6, 6.07) is 3.54. The lowest BCUT2D eigenvalue weighted by atomic mass is 10.00. The summed E-state index contributed by atoms with van der Waals surface area (Å²) in [7, 11) is -2.06. The molecule has 0 fully saturated rings. The van der Waals surface area contributed by atoms with Gasteiger partial charge in [-0.1, -0.05) is 6.07 Å². The molecule has 1 aliphatic heterocycles. The molecule has 3 rings (SSSR count). The highest BCUT2D eigenvalue weighted by Crippen LogP contribution is 2.21. The summed E-state index contributed by atoms with van der Waals surface area (Å²) < 4.78 is 55.6. The van der Waals surface area contributed by atoms with Gasteiger partial charge in [0, 0.05) is 44.5 Å². The molecule has 2 aromatic rings. The van der Waals surface area contributed by atoms with Crippen molar-refractivity contribution < 1.29 is 17.2 Å². The van der Waals surface area contributed by atoms with Crippen molar-refractivity contribution in [2.75, 3.05) is 19.3 Å². The molecule has 1 aromatic heterocycles. The standard InChI is InChI=1S/C17H21F2N3O2S/c1-21(11-13-5-6-17-20-8-9-22(17)12-13)25(23,24)10-7-14-15(18)3-2-4-16(14)19/h2-4,8-9,13H,5-7,10-12H2,1H3. The number of nitrogens with zero attached hydrogens (tertiary/aromatic N) is 3. The van der Waals surface area contributed by atoms with Gasteiger partial charge in [-0.25, -0.2) is 26.5 Å². The van der Waals surface area contributed by atoms with Crippen LogP contribution in [0.3, 0.4) is 0 Å². The third-order valence-corrected chi connectivity index (χ3v) is 6.51. The Kier molecular flexibility index (Phi) is 5.19. The molecule has 0 saturated carbocycles. The van der Waals surface area contributed by atoms with Crippen LogP contribution in [0.25, 0.3) is 0 Å². The summed E-state index contributed by atoms with van der Waals surface area (Å²) in [5.74, 6) is -0.510. The van der Waals surface area contributed by atoms with E-state index in [1.165, 1.54) is 17.4 Å². The number of benzene rings is 1. The molecule has 136 valence electrons. The maximum Gasteiger partial charge on any atom is 0.214 e. The van der Waals surface area contributed by atoms with Gasteiger partial charge in [-0.15, -0.1) is 0 Å². The molecule has 2 heterocycles. The van der Waals surface area contributed by atoms with Crippen molar-refractivity contribution >= 4 is 10.0 Å². The van der Waals surface area contributed by atoms with E-state index in [4.69, 9.17) is 0 Å². The average molecular weight is 369 g/mol. The summed E-state index contributed by atoms with van der Waals surface area (Å²) in [5, 5.41) is 0. The van der Waals surface area contributed by atoms with Gasteiger partial charge in [-0.05, 0) is 30.9 Å². The van der Waals surface area contributed by atoms with E-state index in [9.17, 15) is 17.2 Å². The maximum absolute atomic E-state index is 13.7. The number of fused-ring (bicyclic) bond motifs is 1. The molecule has 0 saturated heterocycles. The molecule has 0 N–H and O–H groups in total. The molecule has 1 unspecified atom stereocenters. The molecule has 0 bridgehead atoms. The van der Waals surface area contributed by atoms with Crippen LogP contribution >= 0.6 is 0 Å². The molecule has 1 aliphatic rings. The normalized spacial score (nSPS) is 17.7. The molecule has 5 nitrogen and oxygen atoms in total. The predicted octanol–water partition coefficient (Wildman–Crippen LogP) is 2.23. The van der Waals surface area contributed by atoms with Crippen molar-refractivity contribution in [2.45, 2.75) is 25.8 Å². The second-order valence-electron chi connectivity index (χ2n) is 6.45. The topological polar surface area (TPSA) is 55.2 Å². The van der Waals surface area contributed by atoms with Crippen LogP contribution in [0.15, 0.2) is 30.6 Å².